The van der Waals surface area contributed by atoms with Crippen LogP contribution in [0, 0.1) is 5.92 Å². The summed E-state index contributed by atoms with van der Waals surface area (Å²) in [4.78, 5) is 11.2. The molecule has 0 saturated heterocycles. The molecule has 0 amide bonds. The molecule has 1 saturated carbocycles. The number of rotatable bonds is 3. The van der Waals surface area contributed by atoms with Crippen molar-refractivity contribution in [1.82, 2.24) is 0 Å². The number of benzene rings is 1. The van der Waals surface area contributed by atoms with E-state index in [9.17, 15) is 4.79 Å². The van der Waals surface area contributed by atoms with Gasteiger partial charge in [0.1, 0.15) is 11.7 Å². The Kier molecular flexibility index (Phi) is 3.75. The molecule has 0 aliphatic heterocycles. The maximum Gasteiger partial charge on any atom is 0.339 e. The molecule has 2 unspecified atom stereocenters. The van der Waals surface area contributed by atoms with Crippen molar-refractivity contribution in [2.75, 3.05) is 5.73 Å². The third kappa shape index (κ3) is 2.58. The van der Waals surface area contributed by atoms with E-state index in [2.05, 4.69) is 6.92 Å². The smallest absolute Gasteiger partial charge is 0.339 e. The molecule has 1 aliphatic rings. The van der Waals surface area contributed by atoms with Crippen LogP contribution in [0.5, 0.6) is 5.75 Å². The molecule has 0 heterocycles. The average molecular weight is 249 g/mol. The normalized spacial score (nSPS) is 23.6. The zero-order valence-electron chi connectivity index (χ0n) is 10.6. The van der Waals surface area contributed by atoms with Gasteiger partial charge in [-0.1, -0.05) is 19.4 Å². The Bertz CT molecular complexity index is 445. The van der Waals surface area contributed by atoms with Gasteiger partial charge in [0.15, 0.2) is 5.75 Å². The van der Waals surface area contributed by atoms with Crippen molar-refractivity contribution in [3.63, 3.8) is 0 Å². The van der Waals surface area contributed by atoms with Crippen molar-refractivity contribution in [2.45, 2.75) is 38.7 Å². The van der Waals surface area contributed by atoms with Crippen LogP contribution in [0.25, 0.3) is 0 Å². The molecule has 0 spiro atoms. The van der Waals surface area contributed by atoms with E-state index in [-0.39, 0.29) is 11.7 Å². The number of aromatic carboxylic acids is 1. The van der Waals surface area contributed by atoms with Gasteiger partial charge in [0, 0.05) is 0 Å². The number of carboxylic acid groups (broad SMARTS) is 1. The second-order valence-electron chi connectivity index (χ2n) is 4.95. The Morgan fingerprint density at radius 3 is 2.78 bits per heavy atom. The Morgan fingerprint density at radius 1 is 1.39 bits per heavy atom. The lowest BCUT2D eigenvalue weighted by Crippen LogP contribution is -2.29. The summed E-state index contributed by atoms with van der Waals surface area (Å²) in [6.45, 7) is 2.14. The lowest BCUT2D eigenvalue weighted by molar-refractivity contribution is 0.0674. The average Bonchev–Trinajstić information content (AvgIpc) is 2.34. The Labute approximate surface area is 107 Å². The van der Waals surface area contributed by atoms with Crippen LogP contribution < -0.4 is 10.5 Å². The molecule has 2 atom stereocenters. The Hall–Kier alpha value is -1.71. The van der Waals surface area contributed by atoms with Gasteiger partial charge >= 0.3 is 5.97 Å². The molecule has 0 radical (unpaired) electrons. The number of para-hydroxylation sites is 1. The fourth-order valence-electron chi connectivity index (χ4n) is 2.46. The molecular weight excluding hydrogens is 230 g/mol. The van der Waals surface area contributed by atoms with E-state index in [0.29, 0.717) is 17.4 Å². The SMILES string of the molecule is CC1CCCCC1Oc1c(N)cccc1C(=O)O. The summed E-state index contributed by atoms with van der Waals surface area (Å²) in [6.07, 6.45) is 4.51. The first-order chi connectivity index (χ1) is 8.59. The summed E-state index contributed by atoms with van der Waals surface area (Å²) >= 11 is 0. The summed E-state index contributed by atoms with van der Waals surface area (Å²) in [5, 5.41) is 9.15. The van der Waals surface area contributed by atoms with E-state index in [0.717, 1.165) is 19.3 Å². The number of anilines is 1. The number of carbonyl (C=O) groups is 1. The molecule has 4 nitrogen and oxygen atoms in total. The summed E-state index contributed by atoms with van der Waals surface area (Å²) in [7, 11) is 0. The largest absolute Gasteiger partial charge is 0.487 e. The van der Waals surface area contributed by atoms with Crippen molar-refractivity contribution < 1.29 is 14.6 Å². The van der Waals surface area contributed by atoms with E-state index < -0.39 is 5.97 Å². The molecule has 18 heavy (non-hydrogen) atoms. The van der Waals surface area contributed by atoms with E-state index in [1.54, 1.807) is 12.1 Å². The van der Waals surface area contributed by atoms with Gasteiger partial charge < -0.3 is 15.6 Å². The fourth-order valence-corrected chi connectivity index (χ4v) is 2.46. The van der Waals surface area contributed by atoms with Gasteiger partial charge in [-0.05, 0) is 37.3 Å². The van der Waals surface area contributed by atoms with Gasteiger partial charge in [-0.15, -0.1) is 0 Å². The molecule has 1 aromatic rings. The Morgan fingerprint density at radius 2 is 2.11 bits per heavy atom. The van der Waals surface area contributed by atoms with Crippen LogP contribution >= 0.6 is 0 Å². The number of carboxylic acids is 1. The van der Waals surface area contributed by atoms with Crippen LogP contribution in [0.15, 0.2) is 18.2 Å². The first-order valence-electron chi connectivity index (χ1n) is 6.38. The number of nitrogen functional groups attached to an aromatic ring is 1. The maximum atomic E-state index is 11.2. The van der Waals surface area contributed by atoms with Gasteiger partial charge in [-0.2, -0.15) is 0 Å². The first-order valence-corrected chi connectivity index (χ1v) is 6.38. The van der Waals surface area contributed by atoms with Crippen molar-refractivity contribution in [3.05, 3.63) is 23.8 Å². The van der Waals surface area contributed by atoms with E-state index in [1.807, 2.05) is 0 Å². The zero-order valence-corrected chi connectivity index (χ0v) is 10.6. The minimum atomic E-state index is -0.999. The van der Waals surface area contributed by atoms with Crippen LogP contribution in [0.3, 0.4) is 0 Å². The number of hydrogen-bond donors (Lipinski definition) is 2. The first kappa shape index (κ1) is 12.7. The molecule has 0 bridgehead atoms. The van der Waals surface area contributed by atoms with Gasteiger partial charge in [0.05, 0.1) is 5.69 Å². The highest BCUT2D eigenvalue weighted by Gasteiger charge is 2.25. The van der Waals surface area contributed by atoms with Crippen LogP contribution in [0.2, 0.25) is 0 Å². The zero-order chi connectivity index (χ0) is 13.1. The van der Waals surface area contributed by atoms with Crippen LogP contribution in [-0.2, 0) is 0 Å². The predicted octanol–water partition coefficient (Wildman–Crippen LogP) is 2.92. The lowest BCUT2D eigenvalue weighted by atomic mass is 9.88. The van der Waals surface area contributed by atoms with Crippen LogP contribution in [-0.4, -0.2) is 17.2 Å². The summed E-state index contributed by atoms with van der Waals surface area (Å²) < 4.78 is 5.88. The van der Waals surface area contributed by atoms with Gasteiger partial charge in [-0.3, -0.25) is 0 Å². The standard InChI is InChI=1S/C14H19NO3/c1-9-5-2-3-8-12(9)18-13-10(14(16)17)6-4-7-11(13)15/h4,6-7,9,12H,2-3,5,8,15H2,1H3,(H,16,17). The minimum Gasteiger partial charge on any atom is -0.487 e. The number of ether oxygens (including phenoxy) is 1. The van der Waals surface area contributed by atoms with Crippen LogP contribution in [0.4, 0.5) is 5.69 Å². The van der Waals surface area contributed by atoms with E-state index in [4.69, 9.17) is 15.6 Å². The minimum absolute atomic E-state index is 0.0709. The topological polar surface area (TPSA) is 72.5 Å². The highest BCUT2D eigenvalue weighted by Crippen LogP contribution is 2.33. The van der Waals surface area contributed by atoms with Gasteiger partial charge in [-0.25, -0.2) is 4.79 Å². The highest BCUT2D eigenvalue weighted by molar-refractivity contribution is 5.93. The molecular formula is C14H19NO3. The van der Waals surface area contributed by atoms with Crippen molar-refractivity contribution >= 4 is 11.7 Å². The maximum absolute atomic E-state index is 11.2. The number of hydrogen-bond acceptors (Lipinski definition) is 3. The van der Waals surface area contributed by atoms with Gasteiger partial charge in [0.25, 0.3) is 0 Å². The second-order valence-corrected chi connectivity index (χ2v) is 4.95. The molecule has 98 valence electrons. The molecule has 1 fully saturated rings. The summed E-state index contributed by atoms with van der Waals surface area (Å²) in [5.74, 6) is -0.232. The van der Waals surface area contributed by atoms with E-state index in [1.165, 1.54) is 12.5 Å². The highest BCUT2D eigenvalue weighted by atomic mass is 16.5. The third-order valence-electron chi connectivity index (χ3n) is 3.58. The van der Waals surface area contributed by atoms with Crippen molar-refractivity contribution in [2.24, 2.45) is 5.92 Å². The van der Waals surface area contributed by atoms with Crippen LogP contribution in [0.1, 0.15) is 43.0 Å². The molecule has 1 aromatic carbocycles. The lowest BCUT2D eigenvalue weighted by Gasteiger charge is -2.30. The number of nitrogens with two attached hydrogens (primary N) is 1. The van der Waals surface area contributed by atoms with Gasteiger partial charge in [0.2, 0.25) is 0 Å². The quantitative estimate of drug-likeness (QED) is 0.808. The van der Waals surface area contributed by atoms with Crippen molar-refractivity contribution in [1.29, 1.82) is 0 Å². The summed E-state index contributed by atoms with van der Waals surface area (Å²) in [6, 6.07) is 4.84. The summed E-state index contributed by atoms with van der Waals surface area (Å²) in [5.41, 5.74) is 6.38. The molecule has 0 aromatic heterocycles. The predicted molar refractivity (Wildman–Crippen MR) is 69.9 cm³/mol. The van der Waals surface area contributed by atoms with E-state index >= 15 is 0 Å². The van der Waals surface area contributed by atoms with Crippen molar-refractivity contribution in [3.8, 4) is 5.75 Å². The Balaban J connectivity index is 2.24. The molecule has 4 heteroatoms. The third-order valence-corrected chi connectivity index (χ3v) is 3.58. The molecule has 2 rings (SSSR count). The monoisotopic (exact) mass is 249 g/mol. The second kappa shape index (κ2) is 5.29. The molecule has 3 N–H and O–H groups in total. The fraction of sp³-hybridized carbons (Fsp3) is 0.500. The molecule has 1 aliphatic carbocycles.